The Morgan fingerprint density at radius 2 is 1.85 bits per heavy atom. The van der Waals surface area contributed by atoms with E-state index in [-0.39, 0.29) is 6.03 Å². The van der Waals surface area contributed by atoms with E-state index in [2.05, 4.69) is 34.9 Å². The number of nitrogens with one attached hydrogen (secondary N) is 2. The first kappa shape index (κ1) is 19.1. The molecule has 1 fully saturated rings. The minimum atomic E-state index is -0.0501. The van der Waals surface area contributed by atoms with E-state index in [1.54, 1.807) is 11.9 Å². The molecule has 1 aromatic rings. The molecule has 0 aromatic heterocycles. The van der Waals surface area contributed by atoms with Crippen molar-refractivity contribution in [3.05, 3.63) is 28.3 Å². The topological polar surface area (TPSA) is 44.4 Å². The first-order chi connectivity index (χ1) is 13.1. The van der Waals surface area contributed by atoms with Gasteiger partial charge >= 0.3 is 6.03 Å². The van der Waals surface area contributed by atoms with Crippen LogP contribution in [-0.4, -0.2) is 35.8 Å². The number of likely N-dealkylation sites (tertiary alicyclic amines) is 1. The van der Waals surface area contributed by atoms with Crippen LogP contribution in [-0.2, 0) is 25.7 Å². The fraction of sp³-hybridized carbons (Fsp3) is 0.682. The zero-order chi connectivity index (χ0) is 18.8. The number of hydrogen-bond acceptors (Lipinski definition) is 3. The molecule has 1 saturated heterocycles. The highest BCUT2D eigenvalue weighted by Gasteiger charge is 2.25. The molecular weight excluding hydrogens is 354 g/mol. The summed E-state index contributed by atoms with van der Waals surface area (Å²) in [5.74, 6) is 1.68. The number of urea groups is 1. The van der Waals surface area contributed by atoms with Crippen LogP contribution in [0.5, 0.6) is 0 Å². The summed E-state index contributed by atoms with van der Waals surface area (Å²) in [6, 6.07) is 2.98. The average molecular weight is 388 g/mol. The number of benzene rings is 1. The minimum Gasteiger partial charge on any atom is -0.307 e. The third kappa shape index (κ3) is 4.29. The van der Waals surface area contributed by atoms with Crippen LogP contribution in [0.3, 0.4) is 0 Å². The Morgan fingerprint density at radius 3 is 2.52 bits per heavy atom. The number of nitrogens with zero attached hydrogens (tertiary/aromatic N) is 1. The summed E-state index contributed by atoms with van der Waals surface area (Å²) in [5.41, 5.74) is 6.87. The lowest BCUT2D eigenvalue weighted by Gasteiger charge is -2.35. The molecule has 2 aliphatic carbocycles. The molecule has 0 radical (unpaired) electrons. The highest BCUT2D eigenvalue weighted by molar-refractivity contribution is 7.97. The van der Waals surface area contributed by atoms with Crippen LogP contribution in [0, 0.1) is 5.92 Å². The molecule has 1 unspecified atom stereocenters. The van der Waals surface area contributed by atoms with Crippen molar-refractivity contribution in [1.82, 2.24) is 9.62 Å². The van der Waals surface area contributed by atoms with E-state index < -0.39 is 0 Å². The van der Waals surface area contributed by atoms with Gasteiger partial charge in [0.15, 0.2) is 0 Å². The SMILES string of the molecule is CC(C)N1CCCC(CSNC(=O)Nc2c3c(cc4c2CCC4)CCC3)C1. The largest absolute Gasteiger partial charge is 0.329 e. The lowest BCUT2D eigenvalue weighted by atomic mass is 9.99. The quantitative estimate of drug-likeness (QED) is 0.728. The van der Waals surface area contributed by atoms with E-state index in [0.29, 0.717) is 12.0 Å². The van der Waals surface area contributed by atoms with Gasteiger partial charge in [0.1, 0.15) is 0 Å². The second-order valence-corrected chi connectivity index (χ2v) is 9.52. The summed E-state index contributed by atoms with van der Waals surface area (Å²) in [6.45, 7) is 6.93. The number of amides is 2. The highest BCUT2D eigenvalue weighted by atomic mass is 32.2. The molecule has 5 heteroatoms. The summed E-state index contributed by atoms with van der Waals surface area (Å²) < 4.78 is 3.05. The van der Waals surface area contributed by atoms with Crippen molar-refractivity contribution >= 4 is 23.7 Å². The number of fused-ring (bicyclic) bond motifs is 2. The smallest absolute Gasteiger partial charge is 0.307 e. The van der Waals surface area contributed by atoms with Gasteiger partial charge in [-0.1, -0.05) is 6.07 Å². The maximum absolute atomic E-state index is 12.6. The Labute approximate surface area is 168 Å². The number of rotatable bonds is 5. The fourth-order valence-electron chi connectivity index (χ4n) is 5.03. The van der Waals surface area contributed by atoms with E-state index in [9.17, 15) is 4.79 Å². The van der Waals surface area contributed by atoms with Gasteiger partial charge in [-0.25, -0.2) is 4.79 Å². The second kappa shape index (κ2) is 8.44. The van der Waals surface area contributed by atoms with Crippen LogP contribution in [0.2, 0.25) is 0 Å². The van der Waals surface area contributed by atoms with Crippen LogP contribution >= 0.6 is 11.9 Å². The van der Waals surface area contributed by atoms with Crippen molar-refractivity contribution in [2.45, 2.75) is 71.3 Å². The van der Waals surface area contributed by atoms with Crippen molar-refractivity contribution in [2.75, 3.05) is 24.2 Å². The molecule has 0 spiro atoms. The van der Waals surface area contributed by atoms with Gasteiger partial charge in [-0.05, 0) is 112 Å². The molecule has 1 atom stereocenters. The van der Waals surface area contributed by atoms with Crippen LogP contribution in [0.1, 0.15) is 61.8 Å². The van der Waals surface area contributed by atoms with E-state index >= 15 is 0 Å². The molecule has 2 amide bonds. The van der Waals surface area contributed by atoms with Crippen LogP contribution in [0.25, 0.3) is 0 Å². The van der Waals surface area contributed by atoms with Crippen LogP contribution in [0.15, 0.2) is 6.07 Å². The van der Waals surface area contributed by atoms with Gasteiger partial charge < -0.3 is 10.2 Å². The minimum absolute atomic E-state index is 0.0501. The van der Waals surface area contributed by atoms with Crippen molar-refractivity contribution in [2.24, 2.45) is 5.92 Å². The summed E-state index contributed by atoms with van der Waals surface area (Å²) in [6.07, 6.45) is 9.55. The zero-order valence-electron chi connectivity index (χ0n) is 16.8. The molecular formula is C22H33N3OS. The van der Waals surface area contributed by atoms with E-state index in [1.807, 2.05) is 0 Å². The van der Waals surface area contributed by atoms with Gasteiger partial charge in [0.25, 0.3) is 0 Å². The molecule has 4 nitrogen and oxygen atoms in total. The van der Waals surface area contributed by atoms with Crippen molar-refractivity contribution in [1.29, 1.82) is 0 Å². The Morgan fingerprint density at radius 1 is 1.15 bits per heavy atom. The van der Waals surface area contributed by atoms with Crippen LogP contribution < -0.4 is 10.0 Å². The zero-order valence-corrected chi connectivity index (χ0v) is 17.6. The van der Waals surface area contributed by atoms with E-state index in [1.165, 1.54) is 67.3 Å². The van der Waals surface area contributed by atoms with E-state index in [0.717, 1.165) is 30.8 Å². The summed E-state index contributed by atoms with van der Waals surface area (Å²) in [7, 11) is 0. The number of anilines is 1. The Bertz CT molecular complexity index is 671. The standard InChI is InChI=1S/C22H33N3OS/c1-15(2)25-11-5-6-16(13-25)14-27-24-22(26)23-21-19-9-3-7-17(19)12-18-8-4-10-20(18)21/h12,15-16H,3-11,13-14H2,1-2H3,(H2,23,24,26). The normalized spacial score (nSPS) is 22.0. The monoisotopic (exact) mass is 387 g/mol. The van der Waals surface area contributed by atoms with Gasteiger partial charge in [0, 0.05) is 24.0 Å². The van der Waals surface area contributed by atoms with Gasteiger partial charge in [-0.2, -0.15) is 0 Å². The number of carbonyl (C=O) groups is 1. The number of piperidine rings is 1. The van der Waals surface area contributed by atoms with Crippen molar-refractivity contribution < 1.29 is 4.79 Å². The van der Waals surface area contributed by atoms with Gasteiger partial charge in [0.2, 0.25) is 0 Å². The molecule has 27 heavy (non-hydrogen) atoms. The third-order valence-corrected chi connectivity index (χ3v) is 7.44. The average Bonchev–Trinajstić information content (AvgIpc) is 3.31. The van der Waals surface area contributed by atoms with Gasteiger partial charge in [0.05, 0.1) is 0 Å². The molecule has 4 rings (SSSR count). The summed E-state index contributed by atoms with van der Waals surface area (Å²) in [4.78, 5) is 15.1. The molecule has 1 heterocycles. The first-order valence-corrected chi connectivity index (χ1v) is 11.7. The summed E-state index contributed by atoms with van der Waals surface area (Å²) in [5, 5.41) is 3.23. The molecule has 1 aliphatic heterocycles. The van der Waals surface area contributed by atoms with Gasteiger partial charge in [-0.15, -0.1) is 0 Å². The van der Waals surface area contributed by atoms with Gasteiger partial charge in [-0.3, -0.25) is 4.72 Å². The van der Waals surface area contributed by atoms with Crippen molar-refractivity contribution in [3.63, 3.8) is 0 Å². The van der Waals surface area contributed by atoms with Crippen molar-refractivity contribution in [3.8, 4) is 0 Å². The summed E-state index contributed by atoms with van der Waals surface area (Å²) >= 11 is 1.58. The lowest BCUT2D eigenvalue weighted by molar-refractivity contribution is 0.149. The molecule has 3 aliphatic rings. The van der Waals surface area contributed by atoms with E-state index in [4.69, 9.17) is 0 Å². The maximum atomic E-state index is 12.6. The third-order valence-electron chi connectivity index (χ3n) is 6.48. The maximum Gasteiger partial charge on any atom is 0.329 e. The number of aryl methyl sites for hydroxylation is 2. The Hall–Kier alpha value is -1.20. The predicted octanol–water partition coefficient (Wildman–Crippen LogP) is 4.55. The molecule has 1 aromatic carbocycles. The molecule has 148 valence electrons. The predicted molar refractivity (Wildman–Crippen MR) is 115 cm³/mol. The molecule has 2 N–H and O–H groups in total. The Kier molecular flexibility index (Phi) is 5.98. The second-order valence-electron chi connectivity index (χ2n) is 8.70. The fourth-order valence-corrected chi connectivity index (χ4v) is 5.81. The first-order valence-electron chi connectivity index (χ1n) is 10.7. The molecule has 0 saturated carbocycles. The lowest BCUT2D eigenvalue weighted by Crippen LogP contribution is -2.41. The Balaban J connectivity index is 1.32. The number of carbonyl (C=O) groups excluding carboxylic acids is 1. The number of hydrogen-bond donors (Lipinski definition) is 2. The van der Waals surface area contributed by atoms with Crippen LogP contribution in [0.4, 0.5) is 10.5 Å². The highest BCUT2D eigenvalue weighted by Crippen LogP contribution is 2.38. The molecule has 0 bridgehead atoms.